The molecule has 4 aromatic heterocycles. The van der Waals surface area contributed by atoms with Gasteiger partial charge in [0, 0.05) is 58.2 Å². The van der Waals surface area contributed by atoms with E-state index < -0.39 is 0 Å². The van der Waals surface area contributed by atoms with Crippen molar-refractivity contribution >= 4 is 86.2 Å². The lowest BCUT2D eigenvalue weighted by Gasteiger charge is -2.19. The smallest absolute Gasteiger partial charge is 0.160 e. The fraction of sp³-hybridized carbons (Fsp3) is 0. The van der Waals surface area contributed by atoms with E-state index in [9.17, 15) is 0 Å². The number of nitrogens with zero attached hydrogens (tertiary/aromatic N) is 6. The number of aromatic nitrogens is 6. The SMILES string of the molecule is c1cncc(-c2ccc(-c3cc(-c4ccc5ccccc5c4)nc(-c4cccc(-c5c6ccccc6c(-c6ccc7ccccc7c6)c6ccccc56)c4)n3)cc2)c1.c1cncc(-c2ccc(-c3cc(-c4ccc5ccccc5c4)nc(-c4cccc(-c5c6ccccc6c(-c6cccc7ccccc67)c6ccccc56)c4)n3)cc2)c1. The molecule has 0 N–H and O–H groups in total. The van der Waals surface area contributed by atoms with E-state index in [4.69, 9.17) is 19.9 Å². The van der Waals surface area contributed by atoms with Crippen molar-refractivity contribution in [3.05, 3.63) is 425 Å². The Hall–Kier alpha value is -15.5. The first-order valence-electron chi connectivity index (χ1n) is 39.3. The lowest BCUT2D eigenvalue weighted by Crippen LogP contribution is -1.97. The highest BCUT2D eigenvalue weighted by molar-refractivity contribution is 6.24. The summed E-state index contributed by atoms with van der Waals surface area (Å²) in [6.45, 7) is 0. The Kier molecular flexibility index (Phi) is 17.5. The van der Waals surface area contributed by atoms with Gasteiger partial charge in [0.1, 0.15) is 0 Å². The zero-order valence-corrected chi connectivity index (χ0v) is 63.1. The van der Waals surface area contributed by atoms with Gasteiger partial charge in [-0.1, -0.05) is 346 Å². The fourth-order valence-corrected chi connectivity index (χ4v) is 17.1. The molecule has 0 atom stereocenters. The van der Waals surface area contributed by atoms with Gasteiger partial charge in [-0.05, 0) is 208 Å². The second-order valence-electron chi connectivity index (χ2n) is 29.6. The Morgan fingerprint density at radius 1 is 0.147 bits per heavy atom. The van der Waals surface area contributed by atoms with Crippen molar-refractivity contribution in [2.45, 2.75) is 0 Å². The lowest BCUT2D eigenvalue weighted by atomic mass is 9.84. The molecule has 0 fully saturated rings. The van der Waals surface area contributed by atoms with Gasteiger partial charge in [0.2, 0.25) is 0 Å². The van der Waals surface area contributed by atoms with Crippen molar-refractivity contribution in [1.29, 1.82) is 0 Å². The maximum Gasteiger partial charge on any atom is 0.160 e. The molecule has 18 aromatic carbocycles. The van der Waals surface area contributed by atoms with Crippen LogP contribution in [0.25, 0.3) is 221 Å². The summed E-state index contributed by atoms with van der Waals surface area (Å²) in [6, 6.07) is 143. The maximum absolute atomic E-state index is 5.29. The van der Waals surface area contributed by atoms with E-state index >= 15 is 0 Å². The number of rotatable bonds is 12. The van der Waals surface area contributed by atoms with Crippen molar-refractivity contribution in [3.63, 3.8) is 0 Å². The summed E-state index contributed by atoms with van der Waals surface area (Å²) in [5.41, 5.74) is 23.5. The molecule has 0 radical (unpaired) electrons. The minimum absolute atomic E-state index is 0.680. The molecular weight excluding hydrogens is 1410 g/mol. The fourth-order valence-electron chi connectivity index (χ4n) is 17.1. The Bertz CT molecular complexity index is 7440. The predicted octanol–water partition coefficient (Wildman–Crippen LogP) is 29.0. The molecule has 0 bridgehead atoms. The second kappa shape index (κ2) is 29.6. The van der Waals surface area contributed by atoms with E-state index in [2.05, 4.69) is 398 Å². The van der Waals surface area contributed by atoms with Gasteiger partial charge >= 0.3 is 0 Å². The summed E-state index contributed by atoms with van der Waals surface area (Å²) in [6.07, 6.45) is 7.39. The average molecular weight is 1480 g/mol. The van der Waals surface area contributed by atoms with Crippen LogP contribution in [-0.2, 0) is 0 Å². The quantitative estimate of drug-likeness (QED) is 0.113. The molecule has 0 unspecified atom stereocenters. The average Bonchev–Trinajstić information content (AvgIpc) is 0.732. The van der Waals surface area contributed by atoms with E-state index in [1.807, 2.05) is 24.5 Å². The first kappa shape index (κ1) is 68.5. The molecule has 6 nitrogen and oxygen atoms in total. The first-order valence-corrected chi connectivity index (χ1v) is 39.3. The van der Waals surface area contributed by atoms with Crippen molar-refractivity contribution in [2.24, 2.45) is 0 Å². The van der Waals surface area contributed by atoms with Gasteiger partial charge < -0.3 is 0 Å². The molecule has 540 valence electrons. The van der Waals surface area contributed by atoms with Crippen molar-refractivity contribution < 1.29 is 0 Å². The summed E-state index contributed by atoms with van der Waals surface area (Å²) in [4.78, 5) is 29.8. The van der Waals surface area contributed by atoms with Crippen molar-refractivity contribution in [2.75, 3.05) is 0 Å². The van der Waals surface area contributed by atoms with Gasteiger partial charge in [-0.3, -0.25) is 9.97 Å². The van der Waals surface area contributed by atoms with Crippen molar-refractivity contribution in [3.8, 4) is 135 Å². The highest BCUT2D eigenvalue weighted by Crippen LogP contribution is 2.48. The number of pyridine rings is 2. The number of hydrogen-bond acceptors (Lipinski definition) is 6. The summed E-state index contributed by atoms with van der Waals surface area (Å²) in [7, 11) is 0. The van der Waals surface area contributed by atoms with E-state index in [1.165, 1.54) is 120 Å². The van der Waals surface area contributed by atoms with Crippen molar-refractivity contribution in [1.82, 2.24) is 29.9 Å². The molecule has 0 amide bonds. The molecule has 0 aliphatic rings. The summed E-state index contributed by atoms with van der Waals surface area (Å²) >= 11 is 0. The van der Waals surface area contributed by atoms with Crippen LogP contribution in [0.3, 0.4) is 0 Å². The number of fused-ring (bicyclic) bond motifs is 8. The minimum Gasteiger partial charge on any atom is -0.264 e. The minimum atomic E-state index is 0.680. The van der Waals surface area contributed by atoms with E-state index in [0.717, 1.165) is 89.5 Å². The van der Waals surface area contributed by atoms with E-state index in [1.54, 1.807) is 12.4 Å². The Labute approximate surface area is 671 Å². The Balaban J connectivity index is 0.000000145. The topological polar surface area (TPSA) is 77.3 Å². The summed E-state index contributed by atoms with van der Waals surface area (Å²) < 4.78 is 0. The second-order valence-corrected chi connectivity index (χ2v) is 29.6. The van der Waals surface area contributed by atoms with Gasteiger partial charge in [-0.15, -0.1) is 0 Å². The number of benzene rings is 18. The third-order valence-corrected chi connectivity index (χ3v) is 22.7. The molecule has 116 heavy (non-hydrogen) atoms. The predicted molar refractivity (Wildman–Crippen MR) is 485 cm³/mol. The van der Waals surface area contributed by atoms with Gasteiger partial charge in [0.15, 0.2) is 11.6 Å². The molecule has 22 aromatic rings. The van der Waals surface area contributed by atoms with Crippen LogP contribution in [-0.4, -0.2) is 29.9 Å². The van der Waals surface area contributed by atoms with Crippen LogP contribution in [0.1, 0.15) is 0 Å². The Morgan fingerprint density at radius 2 is 0.422 bits per heavy atom. The molecule has 0 saturated carbocycles. The highest BCUT2D eigenvalue weighted by Gasteiger charge is 2.23. The first-order chi connectivity index (χ1) is 57.5. The summed E-state index contributed by atoms with van der Waals surface area (Å²) in [5.74, 6) is 1.36. The maximum atomic E-state index is 5.29. The van der Waals surface area contributed by atoms with E-state index in [0.29, 0.717) is 11.6 Å². The van der Waals surface area contributed by atoms with Crippen LogP contribution in [0.5, 0.6) is 0 Å². The van der Waals surface area contributed by atoms with Crippen LogP contribution in [0.2, 0.25) is 0 Å². The third kappa shape index (κ3) is 12.9. The Morgan fingerprint density at radius 3 is 0.810 bits per heavy atom. The molecular formula is C110H70N6. The molecule has 0 aliphatic heterocycles. The van der Waals surface area contributed by atoms with Crippen LogP contribution in [0, 0.1) is 0 Å². The monoisotopic (exact) mass is 1470 g/mol. The highest BCUT2D eigenvalue weighted by atomic mass is 14.9. The third-order valence-electron chi connectivity index (χ3n) is 22.7. The van der Waals surface area contributed by atoms with Gasteiger partial charge in [-0.2, -0.15) is 0 Å². The molecule has 4 heterocycles. The van der Waals surface area contributed by atoms with Crippen LogP contribution >= 0.6 is 0 Å². The molecule has 22 rings (SSSR count). The van der Waals surface area contributed by atoms with Crippen LogP contribution in [0.4, 0.5) is 0 Å². The molecule has 0 saturated heterocycles. The normalized spacial score (nSPS) is 11.4. The van der Waals surface area contributed by atoms with Crippen LogP contribution < -0.4 is 0 Å². The largest absolute Gasteiger partial charge is 0.264 e. The lowest BCUT2D eigenvalue weighted by molar-refractivity contribution is 1.18. The molecule has 0 aliphatic carbocycles. The summed E-state index contributed by atoms with van der Waals surface area (Å²) in [5, 5.41) is 19.5. The standard InChI is InChI=1S/2C55H35N3/c1-3-13-40-31-42(28-24-36(40)11-1)52-34-51(39-26-22-38(23-27-39)46-17-10-30-56-35-46)57-55(58-52)45-16-9-15-43(33-45)53-47-18-5-7-20-49(47)54(50-21-8-6-19-48(50)53)44-29-25-37-12-2-4-14-41(37)32-44;1-2-14-40-32-41(30-27-36(40)12-1)52-34-51(39-28-25-37(26-29-39)44-18-11-31-56-35-44)57-55(58-52)43-17-9-16-42(33-43)53-47-20-5-7-22-49(47)54(50-23-8-6-21-48(50)53)46-24-10-15-38-13-3-4-19-45(38)46/h2*1-35H. The van der Waals surface area contributed by atoms with Gasteiger partial charge in [0.05, 0.1) is 22.8 Å². The van der Waals surface area contributed by atoms with Gasteiger partial charge in [-0.25, -0.2) is 19.9 Å². The zero-order valence-electron chi connectivity index (χ0n) is 63.1. The van der Waals surface area contributed by atoms with Crippen LogP contribution in [0.15, 0.2) is 425 Å². The van der Waals surface area contributed by atoms with Gasteiger partial charge in [0.25, 0.3) is 0 Å². The van der Waals surface area contributed by atoms with E-state index in [-0.39, 0.29) is 0 Å². The number of hydrogen-bond donors (Lipinski definition) is 0. The molecule has 6 heteroatoms. The zero-order chi connectivity index (χ0) is 76.8. The molecule has 0 spiro atoms.